The lowest BCUT2D eigenvalue weighted by Crippen LogP contribution is -2.56. The maximum Gasteiger partial charge on any atom is 0.317 e. The van der Waals surface area contributed by atoms with E-state index in [2.05, 4.69) is 24.5 Å². The highest BCUT2D eigenvalue weighted by Crippen LogP contribution is 2.25. The topological polar surface area (TPSA) is 81.7 Å². The number of hydrogen-bond donors (Lipinski definition) is 3. The van der Waals surface area contributed by atoms with E-state index < -0.39 is 5.97 Å². The number of hydrogen-bond acceptors (Lipinski definition) is 3. The molecule has 3 N–H and O–H groups in total. The Kier molecular flexibility index (Phi) is 6.78. The van der Waals surface area contributed by atoms with Crippen LogP contribution in [0.2, 0.25) is 0 Å². The number of carbonyl (C=O) groups excluding carboxylic acids is 1. The summed E-state index contributed by atoms with van der Waals surface area (Å²) < 4.78 is 0. The van der Waals surface area contributed by atoms with Crippen LogP contribution in [0.4, 0.5) is 4.79 Å². The number of carboxylic acids is 1. The molecule has 6 nitrogen and oxygen atoms in total. The third kappa shape index (κ3) is 5.36. The Bertz CT molecular complexity index is 330. The van der Waals surface area contributed by atoms with Gasteiger partial charge in [0.05, 0.1) is 6.54 Å². The average Bonchev–Trinajstić information content (AvgIpc) is 2.37. The van der Waals surface area contributed by atoms with Crippen LogP contribution in [-0.4, -0.2) is 53.7 Å². The highest BCUT2D eigenvalue weighted by molar-refractivity contribution is 5.74. The largest absolute Gasteiger partial charge is 0.480 e. The van der Waals surface area contributed by atoms with Crippen molar-refractivity contribution in [2.45, 2.75) is 52.1 Å². The maximum atomic E-state index is 11.7. The number of carboxylic acid groups (broad SMARTS) is 1. The third-order valence-corrected chi connectivity index (χ3v) is 4.02. The summed E-state index contributed by atoms with van der Waals surface area (Å²) in [4.78, 5) is 24.3. The van der Waals surface area contributed by atoms with Gasteiger partial charge in [-0.3, -0.25) is 9.69 Å². The Morgan fingerprint density at radius 1 is 1.35 bits per heavy atom. The van der Waals surface area contributed by atoms with E-state index in [-0.39, 0.29) is 24.7 Å². The van der Waals surface area contributed by atoms with Crippen LogP contribution in [0.15, 0.2) is 0 Å². The molecule has 0 spiro atoms. The number of nitrogens with one attached hydrogen (secondary N) is 2. The summed E-state index contributed by atoms with van der Waals surface area (Å²) in [6, 6.07) is 0.325. The minimum absolute atomic E-state index is 0.0775. The Morgan fingerprint density at radius 3 is 2.50 bits per heavy atom. The predicted molar refractivity (Wildman–Crippen MR) is 77.7 cm³/mol. The lowest BCUT2D eigenvalue weighted by atomic mass is 9.85. The zero-order chi connectivity index (χ0) is 15.1. The monoisotopic (exact) mass is 285 g/mol. The van der Waals surface area contributed by atoms with E-state index in [0.29, 0.717) is 12.5 Å². The molecule has 1 fully saturated rings. The van der Waals surface area contributed by atoms with Gasteiger partial charge in [-0.2, -0.15) is 0 Å². The fourth-order valence-electron chi connectivity index (χ4n) is 2.32. The van der Waals surface area contributed by atoms with E-state index in [1.165, 1.54) is 0 Å². The van der Waals surface area contributed by atoms with Crippen LogP contribution in [0.25, 0.3) is 0 Å². The summed E-state index contributed by atoms with van der Waals surface area (Å²) >= 11 is 0. The number of aliphatic carboxylic acids is 1. The van der Waals surface area contributed by atoms with E-state index in [0.717, 1.165) is 25.8 Å². The van der Waals surface area contributed by atoms with Crippen molar-refractivity contribution in [3.05, 3.63) is 0 Å². The van der Waals surface area contributed by atoms with E-state index >= 15 is 0 Å². The van der Waals surface area contributed by atoms with Crippen LogP contribution < -0.4 is 10.6 Å². The highest BCUT2D eigenvalue weighted by atomic mass is 16.4. The van der Waals surface area contributed by atoms with Crippen molar-refractivity contribution >= 4 is 12.0 Å². The Balaban J connectivity index is 2.20. The zero-order valence-corrected chi connectivity index (χ0v) is 12.7. The molecule has 20 heavy (non-hydrogen) atoms. The van der Waals surface area contributed by atoms with Gasteiger partial charge in [-0.15, -0.1) is 0 Å². The number of urea groups is 1. The Labute approximate surface area is 120 Å². The zero-order valence-electron chi connectivity index (χ0n) is 12.7. The number of rotatable bonds is 8. The first-order valence-corrected chi connectivity index (χ1v) is 7.46. The number of nitrogens with zero attached hydrogens (tertiary/aromatic N) is 1. The predicted octanol–water partition coefficient (Wildman–Crippen LogP) is 1.27. The second-order valence-electron chi connectivity index (χ2n) is 5.65. The number of amides is 2. The standard InChI is InChI=1S/C14H27N3O3/c1-4-10(3)8-15-14(20)16-11-6-12(7-11)17(5-2)9-13(18)19/h10-12H,4-9H2,1-3H3,(H,18,19)(H2,15,16,20). The van der Waals surface area contributed by atoms with E-state index in [9.17, 15) is 9.59 Å². The molecule has 0 heterocycles. The molecule has 0 aromatic carbocycles. The molecule has 1 rings (SSSR count). The fourth-order valence-corrected chi connectivity index (χ4v) is 2.32. The van der Waals surface area contributed by atoms with Gasteiger partial charge in [0.2, 0.25) is 0 Å². The molecule has 0 aromatic heterocycles. The van der Waals surface area contributed by atoms with Gasteiger partial charge in [0, 0.05) is 18.6 Å². The second-order valence-corrected chi connectivity index (χ2v) is 5.65. The summed E-state index contributed by atoms with van der Waals surface area (Å²) in [6.45, 7) is 7.66. The second kappa shape index (κ2) is 8.09. The molecule has 1 unspecified atom stereocenters. The van der Waals surface area contributed by atoms with Crippen molar-refractivity contribution < 1.29 is 14.7 Å². The summed E-state index contributed by atoms with van der Waals surface area (Å²) in [6.07, 6.45) is 2.71. The lowest BCUT2D eigenvalue weighted by Gasteiger charge is -2.42. The number of carbonyl (C=O) groups is 2. The minimum atomic E-state index is -0.797. The van der Waals surface area contributed by atoms with Crippen molar-refractivity contribution in [2.24, 2.45) is 5.92 Å². The average molecular weight is 285 g/mol. The van der Waals surface area contributed by atoms with Gasteiger partial charge in [0.15, 0.2) is 0 Å². The lowest BCUT2D eigenvalue weighted by molar-refractivity contribution is -0.139. The van der Waals surface area contributed by atoms with Gasteiger partial charge in [0.1, 0.15) is 0 Å². The molecule has 1 atom stereocenters. The molecule has 1 aliphatic carbocycles. The SMILES string of the molecule is CCC(C)CNC(=O)NC1CC(N(CC)CC(=O)O)C1. The van der Waals surface area contributed by atoms with Gasteiger partial charge in [-0.25, -0.2) is 4.79 Å². The van der Waals surface area contributed by atoms with Gasteiger partial charge in [-0.1, -0.05) is 27.2 Å². The highest BCUT2D eigenvalue weighted by Gasteiger charge is 2.34. The van der Waals surface area contributed by atoms with Gasteiger partial charge in [0.25, 0.3) is 0 Å². The molecule has 0 saturated heterocycles. The van der Waals surface area contributed by atoms with E-state index in [4.69, 9.17) is 5.11 Å². The Morgan fingerprint density at radius 2 is 2.00 bits per heavy atom. The Hall–Kier alpha value is -1.30. The van der Waals surface area contributed by atoms with E-state index in [1.807, 2.05) is 11.8 Å². The van der Waals surface area contributed by atoms with Crippen molar-refractivity contribution in [2.75, 3.05) is 19.6 Å². The molecule has 2 amide bonds. The molecular weight excluding hydrogens is 258 g/mol. The van der Waals surface area contributed by atoms with Gasteiger partial charge < -0.3 is 15.7 Å². The first kappa shape index (κ1) is 16.8. The summed E-state index contributed by atoms with van der Waals surface area (Å²) in [7, 11) is 0. The smallest absolute Gasteiger partial charge is 0.317 e. The summed E-state index contributed by atoms with van der Waals surface area (Å²) in [5.41, 5.74) is 0. The van der Waals surface area contributed by atoms with Crippen LogP contribution in [0.3, 0.4) is 0 Å². The van der Waals surface area contributed by atoms with Crippen LogP contribution in [0, 0.1) is 5.92 Å². The fraction of sp³-hybridized carbons (Fsp3) is 0.857. The van der Waals surface area contributed by atoms with Gasteiger partial charge in [-0.05, 0) is 25.3 Å². The first-order valence-electron chi connectivity index (χ1n) is 7.46. The van der Waals surface area contributed by atoms with Crippen molar-refractivity contribution in [1.82, 2.24) is 15.5 Å². The molecular formula is C14H27N3O3. The molecule has 0 radical (unpaired) electrons. The van der Waals surface area contributed by atoms with Crippen LogP contribution in [0.1, 0.15) is 40.0 Å². The molecule has 116 valence electrons. The number of likely N-dealkylation sites (N-methyl/N-ethyl adjacent to an activating group) is 1. The van der Waals surface area contributed by atoms with Crippen molar-refractivity contribution in [1.29, 1.82) is 0 Å². The van der Waals surface area contributed by atoms with Crippen molar-refractivity contribution in [3.8, 4) is 0 Å². The summed E-state index contributed by atoms with van der Waals surface area (Å²) in [5.74, 6) is -0.310. The molecule has 6 heteroatoms. The minimum Gasteiger partial charge on any atom is -0.480 e. The van der Waals surface area contributed by atoms with Gasteiger partial charge >= 0.3 is 12.0 Å². The quantitative estimate of drug-likeness (QED) is 0.627. The summed E-state index contributed by atoms with van der Waals surface area (Å²) in [5, 5.41) is 14.6. The molecule has 1 saturated carbocycles. The third-order valence-electron chi connectivity index (χ3n) is 4.02. The van der Waals surface area contributed by atoms with Crippen LogP contribution in [0.5, 0.6) is 0 Å². The van der Waals surface area contributed by atoms with Crippen LogP contribution >= 0.6 is 0 Å². The normalized spacial score (nSPS) is 23.0. The molecule has 0 aliphatic heterocycles. The van der Waals surface area contributed by atoms with Crippen LogP contribution in [-0.2, 0) is 4.79 Å². The molecule has 0 aromatic rings. The maximum absolute atomic E-state index is 11.7. The first-order chi connectivity index (χ1) is 9.46. The molecule has 1 aliphatic rings. The van der Waals surface area contributed by atoms with Crippen molar-refractivity contribution in [3.63, 3.8) is 0 Å². The van der Waals surface area contributed by atoms with E-state index in [1.54, 1.807) is 0 Å². The molecule has 0 bridgehead atoms.